The van der Waals surface area contributed by atoms with Gasteiger partial charge >= 0.3 is 0 Å². The molecule has 0 aromatic carbocycles. The summed E-state index contributed by atoms with van der Waals surface area (Å²) in [4.78, 5) is 0. The van der Waals surface area contributed by atoms with Gasteiger partial charge in [0.2, 0.25) is 0 Å². The monoisotopic (exact) mass is 544 g/mol. The van der Waals surface area contributed by atoms with E-state index in [1.807, 2.05) is 0 Å². The van der Waals surface area contributed by atoms with E-state index in [0.717, 1.165) is 12.8 Å². The van der Waals surface area contributed by atoms with Gasteiger partial charge in [-0.15, -0.1) is 0 Å². The molecule has 0 spiro atoms. The maximum Gasteiger partial charge on any atom is 0.297 e. The van der Waals surface area contributed by atoms with Gasteiger partial charge in [-0.25, -0.2) is 13.2 Å². The van der Waals surface area contributed by atoms with Gasteiger partial charge in [0, 0.05) is 5.67 Å². The van der Waals surface area contributed by atoms with Crippen LogP contribution in [0.1, 0.15) is 32.1 Å². The third-order valence-electron chi connectivity index (χ3n) is 6.42. The van der Waals surface area contributed by atoms with Gasteiger partial charge in [0.05, 0.1) is 0 Å². The Hall–Kier alpha value is -1.32. The predicted molar refractivity (Wildman–Crippen MR) is 59.1 cm³/mol. The quantitative estimate of drug-likeness (QED) is 0.302. The van der Waals surface area contributed by atoms with Gasteiger partial charge < -0.3 is 5.11 Å². The van der Waals surface area contributed by atoms with E-state index < -0.39 is 23.9 Å². The van der Waals surface area contributed by atoms with Crippen LogP contribution in [0.15, 0.2) is 0 Å². The van der Waals surface area contributed by atoms with Gasteiger partial charge in [-0.3, -0.25) is 4.39 Å². The minimum atomic E-state index is -4.92. The van der Waals surface area contributed by atoms with Crippen molar-refractivity contribution in [2.24, 2.45) is 35.5 Å². The molecule has 1 nitrogen and oxygen atoms in total. The second kappa shape index (κ2) is 3.66. The number of halogens is 4. The molecule has 1 N–H and O–H groups in total. The number of aliphatic hydroxyl groups excluding tert-OH is 1. The molecule has 0 radical (unpaired) electrons. The Balaban J connectivity index is 0.00000121. The molecule has 0 aromatic rings. The number of rotatable bonds is 1. The summed E-state index contributed by atoms with van der Waals surface area (Å²) < 4.78 is 52.9. The zero-order valence-corrected chi connectivity index (χ0v) is 17.6. The average Bonchev–Trinajstić information content (AvgIpc) is 3.02. The van der Waals surface area contributed by atoms with Crippen molar-refractivity contribution in [1.29, 1.82) is 0 Å². The number of hydrogen-bond donors (Lipinski definition) is 1. The Labute approximate surface area is 109 Å². The third-order valence-corrected chi connectivity index (χ3v) is 6.42. The van der Waals surface area contributed by atoms with Gasteiger partial charge in [-0.1, -0.05) is 6.10 Å². The van der Waals surface area contributed by atoms with Crippen LogP contribution in [0.2, 0.25) is 0 Å². The van der Waals surface area contributed by atoms with E-state index in [1.54, 1.807) is 0 Å². The van der Waals surface area contributed by atoms with Crippen LogP contribution in [0, 0.1) is 41.6 Å². The zero-order valence-electron chi connectivity index (χ0n) is 11.2. The summed E-state index contributed by atoms with van der Waals surface area (Å²) in [5.41, 5.74) is -2.51. The van der Waals surface area contributed by atoms with Crippen molar-refractivity contribution in [3.05, 3.63) is 6.10 Å². The Bertz CT molecular complexity index is 414. The number of aliphatic hydroxyl groups is 1. The summed E-state index contributed by atoms with van der Waals surface area (Å²) >= 11 is 0. The van der Waals surface area contributed by atoms with Crippen LogP contribution in [-0.2, 0) is 0 Å². The van der Waals surface area contributed by atoms with E-state index in [2.05, 4.69) is 0 Å². The van der Waals surface area contributed by atoms with Crippen LogP contribution in [0.4, 0.5) is 17.6 Å². The Kier molecular flexibility index (Phi) is 2.50. The SMILES string of the molecule is O[C-](C(F)(F)F)C1(F)CC2CC1C1C3CCC(C3)C21.[Rf]. The smallest absolute Gasteiger partial charge is 0.297 e. The third kappa shape index (κ3) is 1.37. The molecule has 4 aliphatic carbocycles. The standard InChI is InChI=1S/C14H17F4O.Rf/c15-13(12(19)14(16,17)18)5-8-4-9(13)11-7-2-1-6(3-7)10(8)11;/h6-11,19H,1-5H2;/q-1;. The van der Waals surface area contributed by atoms with E-state index in [0.29, 0.717) is 24.2 Å². The number of fused-ring (bicyclic) bond motifs is 9. The van der Waals surface area contributed by atoms with Gasteiger partial charge in [0.1, 0.15) is 0 Å². The van der Waals surface area contributed by atoms with Gasteiger partial charge in [-0.2, -0.15) is 0 Å². The van der Waals surface area contributed by atoms with E-state index >= 15 is 0 Å². The molecule has 7 unspecified atom stereocenters. The molecule has 6 heteroatoms. The second-order valence-electron chi connectivity index (χ2n) is 7.00. The molecule has 4 aliphatic rings. The molecule has 4 bridgehead atoms. The first-order valence-corrected chi connectivity index (χ1v) is 7.15. The van der Waals surface area contributed by atoms with Gasteiger partial charge in [0.25, 0.3) is 6.18 Å². The summed E-state index contributed by atoms with van der Waals surface area (Å²) in [7, 11) is 0. The number of alkyl halides is 4. The van der Waals surface area contributed by atoms with Crippen LogP contribution in [0.25, 0.3) is 0 Å². The first-order valence-electron chi connectivity index (χ1n) is 7.15. The first kappa shape index (κ1) is 13.7. The summed E-state index contributed by atoms with van der Waals surface area (Å²) in [6.07, 6.45) is -3.08. The minimum Gasteiger partial charge on any atom is -0.551 e. The fourth-order valence-corrected chi connectivity index (χ4v) is 6.07. The van der Waals surface area contributed by atoms with Gasteiger partial charge in [-0.05, 0) is 67.6 Å². The molecule has 0 saturated heterocycles. The second-order valence-corrected chi connectivity index (χ2v) is 7.00. The average molecular weight is 544 g/mol. The fourth-order valence-electron chi connectivity index (χ4n) is 6.07. The Morgan fingerprint density at radius 1 is 1.00 bits per heavy atom. The molecule has 0 amide bonds. The molecule has 20 heavy (non-hydrogen) atoms. The normalized spacial score (nSPS) is 52.5. The Morgan fingerprint density at radius 3 is 2.20 bits per heavy atom. The van der Waals surface area contributed by atoms with Gasteiger partial charge in [0.15, 0.2) is 0 Å². The minimum absolute atomic E-state index is 0. The van der Waals surface area contributed by atoms with E-state index in [4.69, 9.17) is 0 Å². The topological polar surface area (TPSA) is 20.2 Å². The molecule has 0 heterocycles. The van der Waals surface area contributed by atoms with Crippen molar-refractivity contribution in [2.45, 2.75) is 43.9 Å². The Morgan fingerprint density at radius 2 is 1.60 bits per heavy atom. The molecular formula is C14H17F4ORf-. The van der Waals surface area contributed by atoms with Crippen LogP contribution in [0.3, 0.4) is 0 Å². The predicted octanol–water partition coefficient (Wildman–Crippen LogP) is 3.86. The molecule has 110 valence electrons. The molecular weight excluding hydrogens is 527 g/mol. The van der Waals surface area contributed by atoms with Crippen LogP contribution >= 0.6 is 0 Å². The van der Waals surface area contributed by atoms with Crippen molar-refractivity contribution >= 4 is 0 Å². The van der Waals surface area contributed by atoms with Crippen molar-refractivity contribution in [3.63, 3.8) is 0 Å². The van der Waals surface area contributed by atoms with E-state index in [-0.39, 0.29) is 18.3 Å². The van der Waals surface area contributed by atoms with Crippen molar-refractivity contribution in [1.82, 2.24) is 0 Å². The van der Waals surface area contributed by atoms with Crippen LogP contribution in [0.5, 0.6) is 0 Å². The molecule has 7 atom stereocenters. The molecule has 0 aliphatic heterocycles. The molecule has 4 fully saturated rings. The van der Waals surface area contributed by atoms with Crippen LogP contribution < -0.4 is 0 Å². The summed E-state index contributed by atoms with van der Waals surface area (Å²) in [6, 6.07) is 0. The van der Waals surface area contributed by atoms with Crippen molar-refractivity contribution < 1.29 is 22.7 Å². The molecule has 4 rings (SSSR count). The molecule has 4 saturated carbocycles. The summed E-state index contributed by atoms with van der Waals surface area (Å²) in [5.74, 6) is 1.00. The van der Waals surface area contributed by atoms with E-state index in [9.17, 15) is 22.7 Å². The fraction of sp³-hybridized carbons (Fsp3) is 0.929. The zero-order chi connectivity index (χ0) is 13.6. The van der Waals surface area contributed by atoms with E-state index in [1.165, 1.54) is 6.42 Å². The first-order chi connectivity index (χ1) is 8.82. The summed E-state index contributed by atoms with van der Waals surface area (Å²) in [6.45, 7) is 0. The van der Waals surface area contributed by atoms with Crippen molar-refractivity contribution in [3.8, 4) is 0 Å². The molecule has 0 aromatic heterocycles. The van der Waals surface area contributed by atoms with Crippen LogP contribution in [-0.4, -0.2) is 17.0 Å². The number of hydrogen-bond acceptors (Lipinski definition) is 1. The maximum atomic E-state index is 14.9. The summed E-state index contributed by atoms with van der Waals surface area (Å²) in [5, 5.41) is 9.37. The van der Waals surface area contributed by atoms with Crippen molar-refractivity contribution in [2.75, 3.05) is 0 Å². The maximum absolute atomic E-state index is 14.9. The largest absolute Gasteiger partial charge is 0.551 e.